The third-order valence-electron chi connectivity index (χ3n) is 1.57. The van der Waals surface area contributed by atoms with Gasteiger partial charge in [0.05, 0.1) is 12.2 Å². The topological polar surface area (TPSA) is 67.2 Å². The molecule has 5 heteroatoms. The molecule has 0 saturated heterocycles. The first kappa shape index (κ1) is 10.5. The van der Waals surface area contributed by atoms with Gasteiger partial charge in [0.15, 0.2) is 10.4 Å². The predicted molar refractivity (Wildman–Crippen MR) is 50.5 cm³/mol. The lowest BCUT2D eigenvalue weighted by Crippen LogP contribution is -2.06. The highest BCUT2D eigenvalue weighted by Gasteiger charge is 2.12. The van der Waals surface area contributed by atoms with E-state index in [2.05, 4.69) is 0 Å². The van der Waals surface area contributed by atoms with E-state index >= 15 is 0 Å². The molecule has 0 unspecified atom stereocenters. The van der Waals surface area contributed by atoms with Gasteiger partial charge in [-0.1, -0.05) is 12.1 Å². The van der Waals surface area contributed by atoms with Crippen LogP contribution < -0.4 is 0 Å². The van der Waals surface area contributed by atoms with Gasteiger partial charge in [0.1, 0.15) is 4.90 Å². The van der Waals surface area contributed by atoms with E-state index in [1.165, 1.54) is 12.1 Å². The molecule has 1 aromatic carbocycles. The molecule has 0 aromatic heterocycles. The molecular formula is C9H9NO3S. The molecule has 1 aromatic rings. The minimum absolute atomic E-state index is 0.0750. The molecule has 0 heterocycles. The normalized spacial score (nSPS) is 9.43. The van der Waals surface area contributed by atoms with Crippen molar-refractivity contribution in [3.8, 4) is 0 Å². The molecule has 0 amide bonds. The summed E-state index contributed by atoms with van der Waals surface area (Å²) in [6.45, 7) is 1.92. The molecule has 0 saturated carbocycles. The lowest BCUT2D eigenvalue weighted by molar-refractivity contribution is 0.0522. The minimum Gasteiger partial charge on any atom is -0.462 e. The van der Waals surface area contributed by atoms with Gasteiger partial charge in [0, 0.05) is 0 Å². The van der Waals surface area contributed by atoms with Crippen LogP contribution in [0.5, 0.6) is 0 Å². The summed E-state index contributed by atoms with van der Waals surface area (Å²) in [6.07, 6.45) is 0. The third kappa shape index (κ3) is 2.22. The molecular weight excluding hydrogens is 202 g/mol. The maximum atomic E-state index is 11.3. The number of ether oxygens (including phenoxy) is 1. The largest absolute Gasteiger partial charge is 0.462 e. The van der Waals surface area contributed by atoms with Crippen molar-refractivity contribution in [2.75, 3.05) is 6.61 Å². The van der Waals surface area contributed by atoms with Crippen LogP contribution in [0, 0.1) is 4.61 Å². The standard InChI is InChI=1S/C9H9NO3S/c1-2-13-9(11)7-5-3-4-6-8(7)14(10)12/h3-6H,2H2,1H3. The van der Waals surface area contributed by atoms with Crippen molar-refractivity contribution in [2.45, 2.75) is 11.8 Å². The van der Waals surface area contributed by atoms with Gasteiger partial charge in [-0.15, -0.1) is 4.61 Å². The maximum Gasteiger partial charge on any atom is 0.339 e. The SMILES string of the molecule is CCOC(=O)c1ccccc1S(#N)=O. The minimum atomic E-state index is -2.17. The smallest absolute Gasteiger partial charge is 0.339 e. The van der Waals surface area contributed by atoms with Crippen LogP contribution in [0.25, 0.3) is 0 Å². The fraction of sp³-hybridized carbons (Fsp3) is 0.222. The Kier molecular flexibility index (Phi) is 3.45. The van der Waals surface area contributed by atoms with Crippen LogP contribution in [0.15, 0.2) is 29.2 Å². The number of carbonyl (C=O) groups is 1. The van der Waals surface area contributed by atoms with E-state index in [1.807, 2.05) is 0 Å². The van der Waals surface area contributed by atoms with E-state index < -0.39 is 16.4 Å². The molecule has 0 N–H and O–H groups in total. The van der Waals surface area contributed by atoms with Crippen molar-refractivity contribution >= 4 is 16.4 Å². The second kappa shape index (κ2) is 4.60. The molecule has 1 rings (SSSR count). The summed E-state index contributed by atoms with van der Waals surface area (Å²) >= 11 is 0. The van der Waals surface area contributed by atoms with Gasteiger partial charge >= 0.3 is 5.97 Å². The molecule has 0 spiro atoms. The molecule has 4 nitrogen and oxygen atoms in total. The van der Waals surface area contributed by atoms with E-state index in [1.54, 1.807) is 19.1 Å². The van der Waals surface area contributed by atoms with Gasteiger partial charge in [-0.05, 0) is 19.1 Å². The Hall–Kier alpha value is -1.58. The number of nitrogens with zero attached hydrogens (tertiary/aromatic N) is 1. The number of benzene rings is 1. The average Bonchev–Trinajstić information content (AvgIpc) is 2.18. The third-order valence-corrected chi connectivity index (χ3v) is 2.30. The zero-order valence-corrected chi connectivity index (χ0v) is 8.41. The van der Waals surface area contributed by atoms with Crippen molar-refractivity contribution in [1.29, 1.82) is 4.61 Å². The van der Waals surface area contributed by atoms with Gasteiger partial charge in [-0.25, -0.2) is 4.79 Å². The Morgan fingerprint density at radius 1 is 1.50 bits per heavy atom. The van der Waals surface area contributed by atoms with Crippen LogP contribution in [-0.4, -0.2) is 16.8 Å². The van der Waals surface area contributed by atoms with Crippen molar-refractivity contribution in [2.24, 2.45) is 0 Å². The summed E-state index contributed by atoms with van der Waals surface area (Å²) in [4.78, 5) is 11.4. The Labute approximate surface area is 83.6 Å². The van der Waals surface area contributed by atoms with Gasteiger partial charge in [0.25, 0.3) is 0 Å². The number of hydrogen-bond acceptors (Lipinski definition) is 4. The van der Waals surface area contributed by atoms with Crippen LogP contribution in [0.3, 0.4) is 0 Å². The first-order valence-electron chi connectivity index (χ1n) is 4.03. The molecule has 74 valence electrons. The average molecular weight is 211 g/mol. The van der Waals surface area contributed by atoms with E-state index in [0.717, 1.165) is 0 Å². The highest BCUT2D eigenvalue weighted by molar-refractivity contribution is 7.71. The van der Waals surface area contributed by atoms with Gasteiger partial charge in [0.2, 0.25) is 0 Å². The van der Waals surface area contributed by atoms with Crippen molar-refractivity contribution < 1.29 is 13.7 Å². The highest BCUT2D eigenvalue weighted by atomic mass is 32.2. The zero-order valence-electron chi connectivity index (χ0n) is 7.60. The van der Waals surface area contributed by atoms with E-state index in [-0.39, 0.29) is 17.1 Å². The lowest BCUT2D eigenvalue weighted by Gasteiger charge is -2.02. The zero-order chi connectivity index (χ0) is 10.6. The molecule has 14 heavy (non-hydrogen) atoms. The molecule has 0 bridgehead atoms. The summed E-state index contributed by atoms with van der Waals surface area (Å²) in [7, 11) is -2.17. The molecule has 0 fully saturated rings. The molecule has 0 aliphatic heterocycles. The summed E-state index contributed by atoms with van der Waals surface area (Å²) in [5.74, 6) is -0.578. The number of hydrogen-bond donors (Lipinski definition) is 0. The quantitative estimate of drug-likeness (QED) is 0.694. The highest BCUT2D eigenvalue weighted by Crippen LogP contribution is 2.10. The summed E-state index contributed by atoms with van der Waals surface area (Å²) in [5.41, 5.74) is 0.134. The summed E-state index contributed by atoms with van der Waals surface area (Å²) < 4.78 is 24.5. The van der Waals surface area contributed by atoms with Gasteiger partial charge in [-0.2, -0.15) is 4.21 Å². The van der Waals surface area contributed by atoms with Crippen molar-refractivity contribution in [3.63, 3.8) is 0 Å². The van der Waals surface area contributed by atoms with E-state index in [0.29, 0.717) is 0 Å². The molecule has 0 atom stereocenters. The fourth-order valence-electron chi connectivity index (χ4n) is 0.996. The maximum absolute atomic E-state index is 11.3. The van der Waals surface area contributed by atoms with Crippen LogP contribution in [-0.2, 0) is 15.2 Å². The van der Waals surface area contributed by atoms with Gasteiger partial charge < -0.3 is 4.74 Å². The van der Waals surface area contributed by atoms with Crippen molar-refractivity contribution in [3.05, 3.63) is 29.8 Å². The van der Waals surface area contributed by atoms with Crippen LogP contribution in [0.4, 0.5) is 0 Å². The Balaban J connectivity index is 3.15. The number of carbonyl (C=O) groups excluding carboxylic acids is 1. The Bertz CT molecular complexity index is 464. The molecule has 0 aliphatic carbocycles. The second-order valence-electron chi connectivity index (χ2n) is 2.47. The fourth-order valence-corrected chi connectivity index (χ4v) is 1.53. The van der Waals surface area contributed by atoms with E-state index in [9.17, 15) is 9.00 Å². The number of esters is 1. The lowest BCUT2D eigenvalue weighted by atomic mass is 10.2. The van der Waals surface area contributed by atoms with Crippen molar-refractivity contribution in [1.82, 2.24) is 0 Å². The Morgan fingerprint density at radius 3 is 2.71 bits per heavy atom. The predicted octanol–water partition coefficient (Wildman–Crippen LogP) is 1.45. The number of rotatable bonds is 2. The van der Waals surface area contributed by atoms with Crippen LogP contribution in [0.2, 0.25) is 0 Å². The monoisotopic (exact) mass is 211 g/mol. The molecule has 0 aliphatic rings. The van der Waals surface area contributed by atoms with Gasteiger partial charge in [-0.3, -0.25) is 0 Å². The van der Waals surface area contributed by atoms with Crippen LogP contribution in [0.1, 0.15) is 17.3 Å². The first-order chi connectivity index (χ1) is 6.66. The summed E-state index contributed by atoms with van der Waals surface area (Å²) in [6, 6.07) is 6.08. The summed E-state index contributed by atoms with van der Waals surface area (Å²) in [5, 5.41) is 0. The Morgan fingerprint density at radius 2 is 2.14 bits per heavy atom. The molecule has 0 radical (unpaired) electrons. The van der Waals surface area contributed by atoms with E-state index in [4.69, 9.17) is 9.35 Å². The first-order valence-corrected chi connectivity index (χ1v) is 5.14. The van der Waals surface area contributed by atoms with Crippen LogP contribution >= 0.6 is 0 Å². The second-order valence-corrected chi connectivity index (χ2v) is 3.40.